The Balaban J connectivity index is 2.80. The minimum atomic E-state index is -0.116. The summed E-state index contributed by atoms with van der Waals surface area (Å²) < 4.78 is 5.29. The highest BCUT2D eigenvalue weighted by Gasteiger charge is 2.38. The van der Waals surface area contributed by atoms with Gasteiger partial charge in [-0.3, -0.25) is 4.79 Å². The van der Waals surface area contributed by atoms with Gasteiger partial charge >= 0.3 is 0 Å². The molecule has 1 aliphatic rings. The molecular weight excluding hydrogens is 188 g/mol. The number of hydrogen-bond donors (Lipinski definition) is 0. The van der Waals surface area contributed by atoms with E-state index in [9.17, 15) is 4.79 Å². The van der Waals surface area contributed by atoms with Crippen molar-refractivity contribution in [3.8, 4) is 0 Å². The summed E-state index contributed by atoms with van der Waals surface area (Å²) >= 11 is 0. The standard InChI is InChI=1S/C13H22O2/c1-12(2,3)11(15-5)9-10(14)13(4)7-6-8-13/h9H,6-8H2,1-5H3/b11-9-. The third-order valence-electron chi connectivity index (χ3n) is 3.27. The predicted octanol–water partition coefficient (Wildman–Crippen LogP) is 3.32. The van der Waals surface area contributed by atoms with Crippen LogP contribution < -0.4 is 0 Å². The Kier molecular flexibility index (Phi) is 3.27. The second-order valence-electron chi connectivity index (χ2n) is 5.74. The lowest BCUT2D eigenvalue weighted by atomic mass is 9.67. The van der Waals surface area contributed by atoms with Crippen LogP contribution in [0, 0.1) is 10.8 Å². The number of methoxy groups -OCH3 is 1. The van der Waals surface area contributed by atoms with Crippen LogP contribution in [-0.2, 0) is 9.53 Å². The molecular formula is C13H22O2. The van der Waals surface area contributed by atoms with E-state index in [1.54, 1.807) is 13.2 Å². The van der Waals surface area contributed by atoms with E-state index in [4.69, 9.17) is 4.74 Å². The first-order valence-corrected chi connectivity index (χ1v) is 5.60. The Bertz CT molecular complexity index is 277. The average Bonchev–Trinajstić information content (AvgIpc) is 2.07. The van der Waals surface area contributed by atoms with Gasteiger partial charge in [-0.15, -0.1) is 0 Å². The number of ketones is 1. The zero-order valence-electron chi connectivity index (χ0n) is 10.5. The monoisotopic (exact) mass is 210 g/mol. The first kappa shape index (κ1) is 12.3. The largest absolute Gasteiger partial charge is 0.500 e. The number of rotatable bonds is 3. The van der Waals surface area contributed by atoms with Crippen molar-refractivity contribution in [2.45, 2.75) is 47.0 Å². The normalized spacial score (nSPS) is 20.7. The zero-order valence-corrected chi connectivity index (χ0v) is 10.5. The lowest BCUT2D eigenvalue weighted by Crippen LogP contribution is -2.34. The van der Waals surface area contributed by atoms with Gasteiger partial charge in [-0.1, -0.05) is 34.1 Å². The summed E-state index contributed by atoms with van der Waals surface area (Å²) in [5, 5.41) is 0. The number of hydrogen-bond acceptors (Lipinski definition) is 2. The van der Waals surface area contributed by atoms with Crippen molar-refractivity contribution < 1.29 is 9.53 Å². The highest BCUT2D eigenvalue weighted by molar-refractivity contribution is 5.95. The Labute approximate surface area is 92.7 Å². The molecule has 0 atom stereocenters. The van der Waals surface area contributed by atoms with Crippen molar-refractivity contribution in [1.82, 2.24) is 0 Å². The van der Waals surface area contributed by atoms with E-state index < -0.39 is 0 Å². The SMILES string of the molecule is CO/C(=C\C(=O)C1(C)CCC1)C(C)(C)C. The molecule has 1 rings (SSSR count). The van der Waals surface area contributed by atoms with Crippen LogP contribution >= 0.6 is 0 Å². The van der Waals surface area contributed by atoms with Crippen molar-refractivity contribution in [1.29, 1.82) is 0 Å². The van der Waals surface area contributed by atoms with Crippen LogP contribution in [0.1, 0.15) is 47.0 Å². The molecule has 0 aromatic rings. The summed E-state index contributed by atoms with van der Waals surface area (Å²) in [4.78, 5) is 12.0. The minimum Gasteiger partial charge on any atom is -0.500 e. The molecule has 0 aliphatic heterocycles. The summed E-state index contributed by atoms with van der Waals surface area (Å²) in [7, 11) is 1.63. The van der Waals surface area contributed by atoms with Crippen LogP contribution in [0.3, 0.4) is 0 Å². The maximum Gasteiger partial charge on any atom is 0.164 e. The van der Waals surface area contributed by atoms with Crippen molar-refractivity contribution in [3.05, 3.63) is 11.8 Å². The van der Waals surface area contributed by atoms with Crippen LogP contribution in [0.5, 0.6) is 0 Å². The summed E-state index contributed by atoms with van der Waals surface area (Å²) in [5.74, 6) is 1.00. The van der Waals surface area contributed by atoms with Crippen molar-refractivity contribution in [2.75, 3.05) is 7.11 Å². The Hall–Kier alpha value is -0.790. The molecule has 0 aromatic heterocycles. The molecule has 0 saturated heterocycles. The van der Waals surface area contributed by atoms with E-state index in [2.05, 4.69) is 20.8 Å². The summed E-state index contributed by atoms with van der Waals surface area (Å²) in [6.45, 7) is 8.21. The lowest BCUT2D eigenvalue weighted by Gasteiger charge is -2.36. The van der Waals surface area contributed by atoms with Gasteiger partial charge in [-0.25, -0.2) is 0 Å². The molecule has 1 saturated carbocycles. The van der Waals surface area contributed by atoms with Crippen LogP contribution in [0.2, 0.25) is 0 Å². The quantitative estimate of drug-likeness (QED) is 0.527. The summed E-state index contributed by atoms with van der Waals surface area (Å²) in [6.07, 6.45) is 4.90. The second-order valence-corrected chi connectivity index (χ2v) is 5.74. The number of carbonyl (C=O) groups is 1. The molecule has 0 bridgehead atoms. The number of carbonyl (C=O) groups excluding carboxylic acids is 1. The first-order valence-electron chi connectivity index (χ1n) is 5.60. The predicted molar refractivity (Wildman–Crippen MR) is 61.5 cm³/mol. The fourth-order valence-corrected chi connectivity index (χ4v) is 1.83. The Morgan fingerprint density at radius 1 is 1.33 bits per heavy atom. The maximum atomic E-state index is 12.0. The molecule has 0 radical (unpaired) electrons. The topological polar surface area (TPSA) is 26.3 Å². The molecule has 1 aliphatic carbocycles. The molecule has 0 spiro atoms. The number of ether oxygens (including phenoxy) is 1. The lowest BCUT2D eigenvalue weighted by molar-refractivity contribution is -0.127. The highest BCUT2D eigenvalue weighted by atomic mass is 16.5. The highest BCUT2D eigenvalue weighted by Crippen LogP contribution is 2.42. The van der Waals surface area contributed by atoms with Crippen molar-refractivity contribution in [3.63, 3.8) is 0 Å². The smallest absolute Gasteiger partial charge is 0.164 e. The Morgan fingerprint density at radius 3 is 2.13 bits per heavy atom. The fourth-order valence-electron chi connectivity index (χ4n) is 1.83. The van der Waals surface area contributed by atoms with Crippen LogP contribution in [0.15, 0.2) is 11.8 Å². The van der Waals surface area contributed by atoms with Gasteiger partial charge in [0, 0.05) is 16.9 Å². The molecule has 15 heavy (non-hydrogen) atoms. The summed E-state index contributed by atoms with van der Waals surface area (Å²) in [5.41, 5.74) is -0.209. The van der Waals surface area contributed by atoms with E-state index in [-0.39, 0.29) is 16.6 Å². The van der Waals surface area contributed by atoms with Crippen molar-refractivity contribution in [2.24, 2.45) is 10.8 Å². The third-order valence-corrected chi connectivity index (χ3v) is 3.27. The first-order chi connectivity index (χ1) is 6.79. The Morgan fingerprint density at radius 2 is 1.87 bits per heavy atom. The van der Waals surface area contributed by atoms with Gasteiger partial charge < -0.3 is 4.74 Å². The van der Waals surface area contributed by atoms with E-state index in [0.717, 1.165) is 18.6 Å². The van der Waals surface area contributed by atoms with Gasteiger partial charge in [0.25, 0.3) is 0 Å². The van der Waals surface area contributed by atoms with Gasteiger partial charge in [0.15, 0.2) is 5.78 Å². The third kappa shape index (κ3) is 2.61. The maximum absolute atomic E-state index is 12.0. The molecule has 86 valence electrons. The molecule has 0 N–H and O–H groups in total. The van der Waals surface area contributed by atoms with Gasteiger partial charge in [0.1, 0.15) is 5.76 Å². The summed E-state index contributed by atoms with van der Waals surface area (Å²) in [6, 6.07) is 0. The number of allylic oxidation sites excluding steroid dienone is 2. The van der Waals surface area contributed by atoms with Gasteiger partial charge in [-0.05, 0) is 12.8 Å². The van der Waals surface area contributed by atoms with E-state index in [0.29, 0.717) is 0 Å². The molecule has 2 heteroatoms. The fraction of sp³-hybridized carbons (Fsp3) is 0.769. The van der Waals surface area contributed by atoms with E-state index in [1.807, 2.05) is 6.92 Å². The minimum absolute atomic E-state index is 0.0927. The van der Waals surface area contributed by atoms with E-state index in [1.165, 1.54) is 6.42 Å². The van der Waals surface area contributed by atoms with Gasteiger partial charge in [-0.2, -0.15) is 0 Å². The average molecular weight is 210 g/mol. The van der Waals surface area contributed by atoms with Crippen LogP contribution in [0.25, 0.3) is 0 Å². The molecule has 0 heterocycles. The zero-order chi connectivity index (χ0) is 11.7. The molecule has 0 aromatic carbocycles. The van der Waals surface area contributed by atoms with Gasteiger partial charge in [0.05, 0.1) is 7.11 Å². The molecule has 0 unspecified atom stereocenters. The van der Waals surface area contributed by atoms with Gasteiger partial charge in [0.2, 0.25) is 0 Å². The molecule has 1 fully saturated rings. The molecule has 2 nitrogen and oxygen atoms in total. The molecule has 0 amide bonds. The van der Waals surface area contributed by atoms with Crippen molar-refractivity contribution >= 4 is 5.78 Å². The van der Waals surface area contributed by atoms with Crippen LogP contribution in [0.4, 0.5) is 0 Å². The van der Waals surface area contributed by atoms with Crippen LogP contribution in [-0.4, -0.2) is 12.9 Å². The van der Waals surface area contributed by atoms with E-state index >= 15 is 0 Å². The second kappa shape index (κ2) is 3.99.